The number of benzene rings is 3. The van der Waals surface area contributed by atoms with Crippen LogP contribution in [0.3, 0.4) is 0 Å². The SMILES string of the molecule is Cc1ccc(N2C(=O)CCC[C@H]2c2nc3cc(-c4c(C)noc4C)ccc3n2C2CC(F)(F)C2)cc1Cl.Cc1noc(C)c1-c1ccc2c(c1)nc([C@@H]1CCCC(=O)N1)n2C1CC(F)(F)C1. The molecular formula is C49H49ClF4N8O4. The molecule has 17 heteroatoms. The molecule has 0 spiro atoms. The molecule has 0 unspecified atom stereocenters. The first-order chi connectivity index (χ1) is 31.4. The van der Waals surface area contributed by atoms with E-state index in [2.05, 4.69) is 15.6 Å². The van der Waals surface area contributed by atoms with E-state index >= 15 is 0 Å². The molecule has 4 fully saturated rings. The van der Waals surface area contributed by atoms with E-state index in [9.17, 15) is 27.2 Å². The van der Waals surface area contributed by atoms with Crippen molar-refractivity contribution in [2.45, 2.75) is 135 Å². The number of nitrogens with zero attached hydrogens (tertiary/aromatic N) is 7. The molecule has 3 aromatic carbocycles. The van der Waals surface area contributed by atoms with Gasteiger partial charge < -0.3 is 28.4 Å². The maximum absolute atomic E-state index is 14.0. The highest BCUT2D eigenvalue weighted by Gasteiger charge is 2.49. The van der Waals surface area contributed by atoms with Crippen molar-refractivity contribution in [2.24, 2.45) is 0 Å². The number of piperidine rings is 2. The molecule has 4 aliphatic rings. The van der Waals surface area contributed by atoms with Gasteiger partial charge in [-0.15, -0.1) is 0 Å². The van der Waals surface area contributed by atoms with E-state index in [1.165, 1.54) is 0 Å². The maximum Gasteiger partial charge on any atom is 0.252 e. The molecule has 2 atom stereocenters. The van der Waals surface area contributed by atoms with Crippen LogP contribution in [0.25, 0.3) is 44.3 Å². The van der Waals surface area contributed by atoms with Crippen LogP contribution >= 0.6 is 11.6 Å². The number of rotatable bonds is 7. The predicted octanol–water partition coefficient (Wildman–Crippen LogP) is 12.1. The zero-order valence-corrected chi connectivity index (χ0v) is 38.0. The van der Waals surface area contributed by atoms with Crippen LogP contribution in [-0.2, 0) is 9.59 Å². The maximum atomic E-state index is 14.0. The predicted molar refractivity (Wildman–Crippen MR) is 241 cm³/mol. The van der Waals surface area contributed by atoms with E-state index < -0.39 is 11.8 Å². The fourth-order valence-corrected chi connectivity index (χ4v) is 10.6. The summed E-state index contributed by atoms with van der Waals surface area (Å²) in [5, 5.41) is 11.6. The van der Waals surface area contributed by atoms with Crippen LogP contribution < -0.4 is 10.2 Å². The van der Waals surface area contributed by atoms with E-state index in [0.717, 1.165) is 74.4 Å². The Labute approximate surface area is 382 Å². The van der Waals surface area contributed by atoms with Gasteiger partial charge in [-0.3, -0.25) is 9.59 Å². The highest BCUT2D eigenvalue weighted by Crippen LogP contribution is 2.50. The van der Waals surface area contributed by atoms with Gasteiger partial charge in [0.05, 0.1) is 45.5 Å². The van der Waals surface area contributed by atoms with Crippen molar-refractivity contribution in [3.63, 3.8) is 0 Å². The summed E-state index contributed by atoms with van der Waals surface area (Å²) >= 11 is 6.42. The number of hydrogen-bond donors (Lipinski definition) is 1. The molecule has 0 radical (unpaired) electrons. The van der Waals surface area contributed by atoms with Crippen LogP contribution in [-0.4, -0.2) is 53.1 Å². The second-order valence-corrected chi connectivity index (χ2v) is 18.8. The smallest absolute Gasteiger partial charge is 0.252 e. The zero-order valence-electron chi connectivity index (χ0n) is 37.2. The van der Waals surface area contributed by atoms with E-state index in [4.69, 9.17) is 30.6 Å². The van der Waals surface area contributed by atoms with E-state index in [-0.39, 0.29) is 61.7 Å². The summed E-state index contributed by atoms with van der Waals surface area (Å²) in [6.07, 6.45) is 2.94. The number of carbonyl (C=O) groups excluding carboxylic acids is 2. The lowest BCUT2D eigenvalue weighted by Crippen LogP contribution is -2.42. The first-order valence-corrected chi connectivity index (χ1v) is 22.9. The Bertz CT molecular complexity index is 3010. The van der Waals surface area contributed by atoms with Crippen LogP contribution in [0, 0.1) is 34.6 Å². The number of alkyl halides is 4. The Hall–Kier alpha value is -6.03. The van der Waals surface area contributed by atoms with Crippen molar-refractivity contribution in [1.82, 2.24) is 34.7 Å². The molecule has 4 aromatic heterocycles. The summed E-state index contributed by atoms with van der Waals surface area (Å²) in [4.78, 5) is 36.7. The van der Waals surface area contributed by atoms with E-state index in [0.29, 0.717) is 59.3 Å². The van der Waals surface area contributed by atoms with Gasteiger partial charge in [-0.2, -0.15) is 0 Å². The number of aryl methyl sites for hydroxylation is 5. The first kappa shape index (κ1) is 43.8. The number of aromatic nitrogens is 6. The fourth-order valence-electron chi connectivity index (χ4n) is 10.4. The van der Waals surface area contributed by atoms with Gasteiger partial charge in [-0.05, 0) is 113 Å². The fraction of sp³-hybridized carbons (Fsp3) is 0.429. The molecule has 2 saturated heterocycles. The molecule has 344 valence electrons. The third-order valence-corrected chi connectivity index (χ3v) is 14.1. The van der Waals surface area contributed by atoms with Crippen LogP contribution in [0.2, 0.25) is 5.02 Å². The Morgan fingerprint density at radius 1 is 0.682 bits per heavy atom. The van der Waals surface area contributed by atoms with Crippen LogP contribution in [0.1, 0.15) is 128 Å². The molecule has 12 nitrogen and oxygen atoms in total. The second-order valence-electron chi connectivity index (χ2n) is 18.4. The van der Waals surface area contributed by atoms with E-state index in [1.807, 2.05) is 92.3 Å². The summed E-state index contributed by atoms with van der Waals surface area (Å²) in [6.45, 7) is 9.40. The zero-order chi connectivity index (χ0) is 46.4. The summed E-state index contributed by atoms with van der Waals surface area (Å²) in [5.74, 6) is -2.64. The van der Waals surface area contributed by atoms with E-state index in [1.54, 1.807) is 11.0 Å². The quantitative estimate of drug-likeness (QED) is 0.156. The van der Waals surface area contributed by atoms with Gasteiger partial charge in [0.25, 0.3) is 11.8 Å². The summed E-state index contributed by atoms with van der Waals surface area (Å²) in [5.41, 5.74) is 9.85. The van der Waals surface area contributed by atoms with Crippen LogP contribution in [0.4, 0.5) is 23.2 Å². The van der Waals surface area contributed by atoms with Gasteiger partial charge in [-0.1, -0.05) is 40.1 Å². The molecular weight excluding hydrogens is 876 g/mol. The van der Waals surface area contributed by atoms with Crippen molar-refractivity contribution >= 4 is 51.2 Å². The Balaban J connectivity index is 0.000000160. The van der Waals surface area contributed by atoms with Gasteiger partial charge in [0, 0.05) is 72.4 Å². The van der Waals surface area contributed by atoms with Gasteiger partial charge in [-0.25, -0.2) is 27.5 Å². The van der Waals surface area contributed by atoms with Crippen LogP contribution in [0.5, 0.6) is 0 Å². The number of imidazole rings is 2. The van der Waals surface area contributed by atoms with Crippen molar-refractivity contribution < 1.29 is 36.2 Å². The topological polar surface area (TPSA) is 137 Å². The highest BCUT2D eigenvalue weighted by atomic mass is 35.5. The molecule has 2 amide bonds. The minimum atomic E-state index is -2.69. The number of halogens is 5. The lowest BCUT2D eigenvalue weighted by atomic mass is 9.87. The van der Waals surface area contributed by atoms with Gasteiger partial charge >= 0.3 is 0 Å². The lowest BCUT2D eigenvalue weighted by molar-refractivity contribution is -0.124. The van der Waals surface area contributed by atoms with Gasteiger partial charge in [0.2, 0.25) is 11.8 Å². The summed E-state index contributed by atoms with van der Waals surface area (Å²) in [6, 6.07) is 15.9. The third kappa shape index (κ3) is 7.83. The lowest BCUT2D eigenvalue weighted by Gasteiger charge is -2.40. The van der Waals surface area contributed by atoms with Crippen molar-refractivity contribution in [2.75, 3.05) is 4.90 Å². The normalized spacial score (nSPS) is 20.8. The largest absolute Gasteiger partial charge is 0.361 e. The van der Waals surface area contributed by atoms with Crippen molar-refractivity contribution in [3.05, 3.63) is 99.7 Å². The number of amides is 2. The first-order valence-electron chi connectivity index (χ1n) is 22.5. The molecule has 2 saturated carbocycles. The number of anilines is 1. The van der Waals surface area contributed by atoms with Gasteiger partial charge in [0.15, 0.2) is 0 Å². The minimum Gasteiger partial charge on any atom is -0.361 e. The molecule has 7 aromatic rings. The average Bonchev–Trinajstić information content (AvgIpc) is 4.01. The monoisotopic (exact) mass is 924 g/mol. The molecule has 6 heterocycles. The molecule has 11 rings (SSSR count). The van der Waals surface area contributed by atoms with Crippen molar-refractivity contribution in [1.29, 1.82) is 0 Å². The average molecular weight is 925 g/mol. The van der Waals surface area contributed by atoms with Crippen molar-refractivity contribution in [3.8, 4) is 22.3 Å². The number of nitrogens with one attached hydrogen (secondary N) is 1. The Kier molecular flexibility index (Phi) is 10.9. The molecule has 2 aliphatic heterocycles. The Morgan fingerprint density at radius 2 is 1.21 bits per heavy atom. The third-order valence-electron chi connectivity index (χ3n) is 13.7. The minimum absolute atomic E-state index is 0.0183. The molecule has 66 heavy (non-hydrogen) atoms. The standard InChI is InChI=1S/C28H27ClF2N4O2.C21H22F2N4O2/c1-15-7-9-19(12-21(15)29)34-24(5-4-6-25(34)36)27-32-22-11-18(26-16(2)33-37-17(26)3)8-10-23(22)35(27)20-13-28(30,31)14-20;1-11-19(12(2)29-26-11)13-6-7-17-16(8-13)25-20(15-4-3-5-18(28)24-15)27(17)14-9-21(22,23)10-14/h7-12,20,24H,4-6,13-14H2,1-3H3;6-8,14-15H,3-5,9-10H2,1-2H3,(H,24,28)/t24-;15-/m00/s1. The molecule has 2 aliphatic carbocycles. The number of fused-ring (bicyclic) bond motifs is 2. The molecule has 0 bridgehead atoms. The molecule has 1 N–H and O–H groups in total. The highest BCUT2D eigenvalue weighted by molar-refractivity contribution is 6.31. The number of carbonyl (C=O) groups is 2. The summed E-state index contributed by atoms with van der Waals surface area (Å²) < 4.78 is 69.9. The number of hydrogen-bond acceptors (Lipinski definition) is 8. The van der Waals surface area contributed by atoms with Crippen LogP contribution in [0.15, 0.2) is 63.6 Å². The second kappa shape index (κ2) is 16.4. The van der Waals surface area contributed by atoms with Gasteiger partial charge in [0.1, 0.15) is 23.2 Å². The summed E-state index contributed by atoms with van der Waals surface area (Å²) in [7, 11) is 0. The Morgan fingerprint density at radius 3 is 1.71 bits per heavy atom.